The van der Waals surface area contributed by atoms with Crippen molar-refractivity contribution in [2.75, 3.05) is 26.3 Å². The van der Waals surface area contributed by atoms with Gasteiger partial charge in [-0.3, -0.25) is 9.59 Å². The number of hydrogen-bond donors (Lipinski definition) is 1. The lowest BCUT2D eigenvalue weighted by molar-refractivity contribution is -0.141. The van der Waals surface area contributed by atoms with E-state index >= 15 is 0 Å². The number of carboxylic acids is 1. The van der Waals surface area contributed by atoms with Gasteiger partial charge in [0, 0.05) is 26.3 Å². The van der Waals surface area contributed by atoms with E-state index in [-0.39, 0.29) is 12.5 Å². The minimum Gasteiger partial charge on any atom is -0.481 e. The van der Waals surface area contributed by atoms with E-state index in [1.807, 2.05) is 25.3 Å². The maximum absolute atomic E-state index is 12.6. The Morgan fingerprint density at radius 2 is 2.19 bits per heavy atom. The standard InChI is InChI=1S/C15H23NO4S/c1-4-20-8-5-7-16(10-12(3)15(18)19)14(17)13-11(2)6-9-21-13/h6,9,12H,4-5,7-8,10H2,1-3H3,(H,18,19). The van der Waals surface area contributed by atoms with Crippen molar-refractivity contribution in [2.24, 2.45) is 5.92 Å². The molecule has 1 aromatic heterocycles. The van der Waals surface area contributed by atoms with E-state index in [1.165, 1.54) is 11.3 Å². The molecule has 118 valence electrons. The number of nitrogens with zero attached hydrogens (tertiary/aromatic N) is 1. The number of rotatable bonds is 9. The molecule has 21 heavy (non-hydrogen) atoms. The molecule has 0 fully saturated rings. The quantitative estimate of drug-likeness (QED) is 0.712. The normalized spacial score (nSPS) is 12.1. The highest BCUT2D eigenvalue weighted by Gasteiger charge is 2.23. The van der Waals surface area contributed by atoms with Crippen molar-refractivity contribution >= 4 is 23.2 Å². The van der Waals surface area contributed by atoms with E-state index in [2.05, 4.69) is 0 Å². The summed E-state index contributed by atoms with van der Waals surface area (Å²) < 4.78 is 5.28. The number of ether oxygens (including phenoxy) is 1. The maximum Gasteiger partial charge on any atom is 0.308 e. The first-order valence-electron chi connectivity index (χ1n) is 7.11. The number of amides is 1. The van der Waals surface area contributed by atoms with Gasteiger partial charge in [0.05, 0.1) is 10.8 Å². The van der Waals surface area contributed by atoms with Crippen molar-refractivity contribution in [3.8, 4) is 0 Å². The van der Waals surface area contributed by atoms with Crippen LogP contribution in [-0.4, -0.2) is 48.2 Å². The van der Waals surface area contributed by atoms with Crippen LogP contribution in [-0.2, 0) is 9.53 Å². The smallest absolute Gasteiger partial charge is 0.308 e. The predicted molar refractivity (Wildman–Crippen MR) is 82.9 cm³/mol. The lowest BCUT2D eigenvalue weighted by Crippen LogP contribution is -2.38. The van der Waals surface area contributed by atoms with Crippen molar-refractivity contribution < 1.29 is 19.4 Å². The molecule has 6 heteroatoms. The van der Waals surface area contributed by atoms with Crippen molar-refractivity contribution in [3.05, 3.63) is 21.9 Å². The van der Waals surface area contributed by atoms with Gasteiger partial charge >= 0.3 is 5.97 Å². The molecule has 1 rings (SSSR count). The first-order chi connectivity index (χ1) is 9.97. The fourth-order valence-corrected chi connectivity index (χ4v) is 2.81. The summed E-state index contributed by atoms with van der Waals surface area (Å²) in [5.41, 5.74) is 0.933. The van der Waals surface area contributed by atoms with Gasteiger partial charge in [0.2, 0.25) is 0 Å². The van der Waals surface area contributed by atoms with Crippen LogP contribution in [0.1, 0.15) is 35.5 Å². The van der Waals surface area contributed by atoms with E-state index in [1.54, 1.807) is 11.8 Å². The zero-order valence-corrected chi connectivity index (χ0v) is 13.6. The number of aryl methyl sites for hydroxylation is 1. The van der Waals surface area contributed by atoms with Crippen LogP contribution >= 0.6 is 11.3 Å². The average molecular weight is 313 g/mol. The predicted octanol–water partition coefficient (Wildman–Crippen LogP) is 2.65. The van der Waals surface area contributed by atoms with Gasteiger partial charge < -0.3 is 14.7 Å². The average Bonchev–Trinajstić information content (AvgIpc) is 2.87. The van der Waals surface area contributed by atoms with Gasteiger partial charge in [-0.25, -0.2) is 0 Å². The van der Waals surface area contributed by atoms with E-state index in [0.717, 1.165) is 5.56 Å². The number of hydrogen-bond acceptors (Lipinski definition) is 4. The molecule has 0 aromatic carbocycles. The molecule has 1 atom stereocenters. The Labute approximate surface area is 129 Å². The summed E-state index contributed by atoms with van der Waals surface area (Å²) in [6.45, 7) is 7.37. The highest BCUT2D eigenvalue weighted by Crippen LogP contribution is 2.19. The molecule has 5 nitrogen and oxygen atoms in total. The minimum absolute atomic E-state index is 0.0906. The van der Waals surface area contributed by atoms with Gasteiger partial charge in [-0.2, -0.15) is 0 Å². The van der Waals surface area contributed by atoms with Crippen molar-refractivity contribution in [1.29, 1.82) is 0 Å². The third-order valence-corrected chi connectivity index (χ3v) is 4.18. The van der Waals surface area contributed by atoms with Crippen molar-refractivity contribution in [2.45, 2.75) is 27.2 Å². The second-order valence-electron chi connectivity index (χ2n) is 4.97. The Hall–Kier alpha value is -1.40. The highest BCUT2D eigenvalue weighted by atomic mass is 32.1. The van der Waals surface area contributed by atoms with Gasteiger partial charge in [0.15, 0.2) is 0 Å². The van der Waals surface area contributed by atoms with Crippen molar-refractivity contribution in [3.63, 3.8) is 0 Å². The second-order valence-corrected chi connectivity index (χ2v) is 5.89. The van der Waals surface area contributed by atoms with Gasteiger partial charge in [-0.1, -0.05) is 6.92 Å². The largest absolute Gasteiger partial charge is 0.481 e. The number of carbonyl (C=O) groups is 2. The van der Waals surface area contributed by atoms with E-state index < -0.39 is 11.9 Å². The molecule has 0 bridgehead atoms. The summed E-state index contributed by atoms with van der Waals surface area (Å²) in [5, 5.41) is 10.9. The fourth-order valence-electron chi connectivity index (χ4n) is 1.92. The Bertz CT molecular complexity index is 472. The number of aliphatic carboxylic acids is 1. The summed E-state index contributed by atoms with van der Waals surface area (Å²) in [6, 6.07) is 1.90. The zero-order chi connectivity index (χ0) is 15.8. The second kappa shape index (κ2) is 8.79. The molecule has 0 aliphatic heterocycles. The molecule has 0 spiro atoms. The number of thiophene rings is 1. The summed E-state index contributed by atoms with van der Waals surface area (Å²) in [4.78, 5) is 25.9. The Morgan fingerprint density at radius 3 is 2.71 bits per heavy atom. The Balaban J connectivity index is 2.73. The van der Waals surface area contributed by atoms with Gasteiger partial charge in [-0.15, -0.1) is 11.3 Å². The molecule has 0 aliphatic carbocycles. The number of carbonyl (C=O) groups excluding carboxylic acids is 1. The van der Waals surface area contributed by atoms with Crippen LogP contribution in [0.3, 0.4) is 0 Å². The van der Waals surface area contributed by atoms with Crippen LogP contribution in [0.25, 0.3) is 0 Å². The van der Waals surface area contributed by atoms with Gasteiger partial charge in [0.25, 0.3) is 5.91 Å². The molecule has 1 aromatic rings. The Kier molecular flexibility index (Phi) is 7.39. The third-order valence-electron chi connectivity index (χ3n) is 3.18. The third kappa shape index (κ3) is 5.47. The fraction of sp³-hybridized carbons (Fsp3) is 0.600. The molecule has 1 amide bonds. The monoisotopic (exact) mass is 313 g/mol. The zero-order valence-electron chi connectivity index (χ0n) is 12.8. The molecular formula is C15H23NO4S. The summed E-state index contributed by atoms with van der Waals surface area (Å²) >= 11 is 1.40. The molecule has 0 radical (unpaired) electrons. The summed E-state index contributed by atoms with van der Waals surface area (Å²) in [7, 11) is 0. The van der Waals surface area contributed by atoms with Gasteiger partial charge in [0.1, 0.15) is 0 Å². The molecular weight excluding hydrogens is 290 g/mol. The molecule has 1 unspecified atom stereocenters. The Morgan fingerprint density at radius 1 is 1.48 bits per heavy atom. The lowest BCUT2D eigenvalue weighted by atomic mass is 10.1. The van der Waals surface area contributed by atoms with Crippen LogP contribution in [0.5, 0.6) is 0 Å². The van der Waals surface area contributed by atoms with Crippen molar-refractivity contribution in [1.82, 2.24) is 4.90 Å². The molecule has 0 saturated heterocycles. The molecule has 1 N–H and O–H groups in total. The highest BCUT2D eigenvalue weighted by molar-refractivity contribution is 7.12. The van der Waals surface area contributed by atoms with E-state index in [4.69, 9.17) is 9.84 Å². The first-order valence-corrected chi connectivity index (χ1v) is 7.99. The van der Waals surface area contributed by atoms with Crippen LogP contribution in [0, 0.1) is 12.8 Å². The van der Waals surface area contributed by atoms with E-state index in [9.17, 15) is 9.59 Å². The van der Waals surface area contributed by atoms with Crippen LogP contribution in [0.15, 0.2) is 11.4 Å². The molecule has 0 saturated carbocycles. The summed E-state index contributed by atoms with van der Waals surface area (Å²) in [6.07, 6.45) is 0.705. The summed E-state index contributed by atoms with van der Waals surface area (Å²) in [5.74, 6) is -1.56. The first kappa shape index (κ1) is 17.7. The maximum atomic E-state index is 12.6. The van der Waals surface area contributed by atoms with Crippen LogP contribution in [0.2, 0.25) is 0 Å². The SMILES string of the molecule is CCOCCCN(CC(C)C(=O)O)C(=O)c1sccc1C. The van der Waals surface area contributed by atoms with Crippen LogP contribution in [0.4, 0.5) is 0 Å². The lowest BCUT2D eigenvalue weighted by Gasteiger charge is -2.24. The molecule has 1 heterocycles. The minimum atomic E-state index is -0.888. The molecule has 0 aliphatic rings. The van der Waals surface area contributed by atoms with E-state index in [0.29, 0.717) is 31.1 Å². The topological polar surface area (TPSA) is 66.8 Å². The number of carboxylic acid groups (broad SMARTS) is 1. The van der Waals surface area contributed by atoms with Gasteiger partial charge in [-0.05, 0) is 37.3 Å². The van der Waals surface area contributed by atoms with Crippen LogP contribution < -0.4 is 0 Å².